The van der Waals surface area contributed by atoms with Gasteiger partial charge in [-0.05, 0) is 12.5 Å². The van der Waals surface area contributed by atoms with Crippen LogP contribution in [0.2, 0.25) is 0 Å². The maximum Gasteiger partial charge on any atom is 0.309 e. The number of methoxy groups -OCH3 is 1. The molecule has 2 unspecified atom stereocenters. The van der Waals surface area contributed by atoms with Gasteiger partial charge in [0.25, 0.3) is 0 Å². The number of aromatic nitrogens is 2. The minimum absolute atomic E-state index is 0.0927. The molecule has 0 aliphatic carbocycles. The summed E-state index contributed by atoms with van der Waals surface area (Å²) in [5.74, 6) is -0.369. The Bertz CT molecular complexity index is 354. The van der Waals surface area contributed by atoms with Crippen LogP contribution in [0.25, 0.3) is 0 Å². The number of aryl methyl sites for hydroxylation is 1. The summed E-state index contributed by atoms with van der Waals surface area (Å²) in [5, 5.41) is 0.781. The molecule has 5 heteroatoms. The van der Waals surface area contributed by atoms with Crippen LogP contribution in [0.3, 0.4) is 0 Å². The molecule has 2 atom stereocenters. The smallest absolute Gasteiger partial charge is 0.309 e. The van der Waals surface area contributed by atoms with Gasteiger partial charge in [-0.15, -0.1) is 0 Å². The SMILES string of the molecule is COC(=O)C(C)C(C)Sc1ncc(C)cn1. The molecule has 0 saturated carbocycles. The van der Waals surface area contributed by atoms with Gasteiger partial charge in [0, 0.05) is 17.6 Å². The molecule has 0 N–H and O–H groups in total. The predicted octanol–water partition coefficient (Wildman–Crippen LogP) is 2.07. The highest BCUT2D eigenvalue weighted by molar-refractivity contribution is 7.99. The highest BCUT2D eigenvalue weighted by atomic mass is 32.2. The Morgan fingerprint density at radius 2 is 1.94 bits per heavy atom. The monoisotopic (exact) mass is 240 g/mol. The van der Waals surface area contributed by atoms with Gasteiger partial charge in [0.2, 0.25) is 0 Å². The van der Waals surface area contributed by atoms with Crippen LogP contribution in [0.15, 0.2) is 17.6 Å². The first-order chi connectivity index (χ1) is 7.54. The van der Waals surface area contributed by atoms with Gasteiger partial charge in [-0.3, -0.25) is 4.79 Å². The molecule has 1 heterocycles. The van der Waals surface area contributed by atoms with Crippen molar-refractivity contribution in [2.24, 2.45) is 5.92 Å². The molecular formula is C11H16N2O2S. The Labute approximate surface area is 99.8 Å². The summed E-state index contributed by atoms with van der Waals surface area (Å²) in [6.07, 6.45) is 3.54. The van der Waals surface area contributed by atoms with E-state index in [9.17, 15) is 4.79 Å². The van der Waals surface area contributed by atoms with Crippen LogP contribution in [-0.4, -0.2) is 28.3 Å². The molecule has 0 aromatic carbocycles. The van der Waals surface area contributed by atoms with Crippen molar-refractivity contribution in [3.8, 4) is 0 Å². The minimum atomic E-state index is -0.202. The highest BCUT2D eigenvalue weighted by Crippen LogP contribution is 2.25. The van der Waals surface area contributed by atoms with Crippen LogP contribution in [0.5, 0.6) is 0 Å². The summed E-state index contributed by atoms with van der Waals surface area (Å²) in [5.41, 5.74) is 1.03. The summed E-state index contributed by atoms with van der Waals surface area (Å²) >= 11 is 1.48. The average molecular weight is 240 g/mol. The van der Waals surface area contributed by atoms with Crippen molar-refractivity contribution in [1.82, 2.24) is 9.97 Å². The van der Waals surface area contributed by atoms with Crippen molar-refractivity contribution in [1.29, 1.82) is 0 Å². The van der Waals surface area contributed by atoms with Crippen LogP contribution in [0, 0.1) is 12.8 Å². The molecular weight excluding hydrogens is 224 g/mol. The van der Waals surface area contributed by atoms with E-state index in [2.05, 4.69) is 9.97 Å². The molecule has 0 aliphatic rings. The lowest BCUT2D eigenvalue weighted by Gasteiger charge is -2.15. The van der Waals surface area contributed by atoms with Gasteiger partial charge in [-0.25, -0.2) is 9.97 Å². The molecule has 1 rings (SSSR count). The summed E-state index contributed by atoms with van der Waals surface area (Å²) in [6.45, 7) is 5.75. The van der Waals surface area contributed by atoms with Crippen molar-refractivity contribution >= 4 is 17.7 Å². The molecule has 88 valence electrons. The maximum atomic E-state index is 11.3. The molecule has 1 aromatic rings. The second-order valence-corrected chi connectivity index (χ2v) is 5.02. The minimum Gasteiger partial charge on any atom is -0.469 e. The first-order valence-electron chi connectivity index (χ1n) is 5.07. The first-order valence-corrected chi connectivity index (χ1v) is 5.95. The van der Waals surface area contributed by atoms with Gasteiger partial charge in [0.15, 0.2) is 5.16 Å². The predicted molar refractivity (Wildman–Crippen MR) is 63.3 cm³/mol. The van der Waals surface area contributed by atoms with E-state index in [0.717, 1.165) is 5.56 Å². The van der Waals surface area contributed by atoms with E-state index in [1.807, 2.05) is 20.8 Å². The van der Waals surface area contributed by atoms with Crippen molar-refractivity contribution in [3.63, 3.8) is 0 Å². The van der Waals surface area contributed by atoms with E-state index in [-0.39, 0.29) is 17.1 Å². The van der Waals surface area contributed by atoms with Gasteiger partial charge in [-0.2, -0.15) is 0 Å². The second kappa shape index (κ2) is 5.84. The number of thioether (sulfide) groups is 1. The normalized spacial score (nSPS) is 14.2. The number of rotatable bonds is 4. The molecule has 0 aliphatic heterocycles. The number of carbonyl (C=O) groups is 1. The number of esters is 1. The number of nitrogens with zero attached hydrogens (tertiary/aromatic N) is 2. The molecule has 0 radical (unpaired) electrons. The third-order valence-corrected chi connectivity index (χ3v) is 3.53. The van der Waals surface area contributed by atoms with Gasteiger partial charge in [0.05, 0.1) is 13.0 Å². The lowest BCUT2D eigenvalue weighted by atomic mass is 10.1. The van der Waals surface area contributed by atoms with Crippen LogP contribution in [0.1, 0.15) is 19.4 Å². The summed E-state index contributed by atoms with van der Waals surface area (Å²) in [6, 6.07) is 0. The van der Waals surface area contributed by atoms with Crippen molar-refractivity contribution in [3.05, 3.63) is 18.0 Å². The Balaban J connectivity index is 2.60. The second-order valence-electron chi connectivity index (χ2n) is 3.68. The number of hydrogen-bond acceptors (Lipinski definition) is 5. The summed E-state index contributed by atoms with van der Waals surface area (Å²) in [4.78, 5) is 19.7. The molecule has 0 fully saturated rings. The Hall–Kier alpha value is -1.10. The quantitative estimate of drug-likeness (QED) is 0.458. The van der Waals surface area contributed by atoms with E-state index in [1.54, 1.807) is 12.4 Å². The first kappa shape index (κ1) is 13.0. The fourth-order valence-corrected chi connectivity index (χ4v) is 1.96. The Morgan fingerprint density at radius 1 is 1.38 bits per heavy atom. The van der Waals surface area contributed by atoms with Crippen molar-refractivity contribution < 1.29 is 9.53 Å². The largest absolute Gasteiger partial charge is 0.469 e. The maximum absolute atomic E-state index is 11.3. The van der Waals surface area contributed by atoms with Crippen LogP contribution in [-0.2, 0) is 9.53 Å². The molecule has 0 bridgehead atoms. The molecule has 0 saturated heterocycles. The summed E-state index contributed by atoms with van der Waals surface area (Å²) < 4.78 is 4.70. The standard InChI is InChI=1S/C11H16N2O2S/c1-7-5-12-11(13-6-7)16-9(3)8(2)10(14)15-4/h5-6,8-9H,1-4H3. The third kappa shape index (κ3) is 3.48. The average Bonchev–Trinajstić information content (AvgIpc) is 2.30. The number of hydrogen-bond donors (Lipinski definition) is 0. The fraction of sp³-hybridized carbons (Fsp3) is 0.545. The van der Waals surface area contributed by atoms with E-state index >= 15 is 0 Å². The van der Waals surface area contributed by atoms with E-state index in [4.69, 9.17) is 4.74 Å². The van der Waals surface area contributed by atoms with Gasteiger partial charge in [-0.1, -0.05) is 25.6 Å². The van der Waals surface area contributed by atoms with E-state index in [0.29, 0.717) is 5.16 Å². The van der Waals surface area contributed by atoms with Crippen molar-refractivity contribution in [2.45, 2.75) is 31.2 Å². The van der Waals surface area contributed by atoms with Crippen molar-refractivity contribution in [2.75, 3.05) is 7.11 Å². The van der Waals surface area contributed by atoms with Crippen LogP contribution in [0.4, 0.5) is 0 Å². The van der Waals surface area contributed by atoms with Crippen LogP contribution >= 0.6 is 11.8 Å². The molecule has 16 heavy (non-hydrogen) atoms. The van der Waals surface area contributed by atoms with Crippen LogP contribution < -0.4 is 0 Å². The van der Waals surface area contributed by atoms with E-state index < -0.39 is 0 Å². The zero-order valence-electron chi connectivity index (χ0n) is 9.93. The highest BCUT2D eigenvalue weighted by Gasteiger charge is 2.22. The van der Waals surface area contributed by atoms with Gasteiger partial charge >= 0.3 is 5.97 Å². The van der Waals surface area contributed by atoms with E-state index in [1.165, 1.54) is 18.9 Å². The zero-order chi connectivity index (χ0) is 12.1. The zero-order valence-corrected chi connectivity index (χ0v) is 10.7. The topological polar surface area (TPSA) is 52.1 Å². The lowest BCUT2D eigenvalue weighted by molar-refractivity contribution is -0.144. The molecule has 0 amide bonds. The third-order valence-electron chi connectivity index (χ3n) is 2.33. The molecule has 0 spiro atoms. The molecule has 1 aromatic heterocycles. The molecule has 4 nitrogen and oxygen atoms in total. The Kier molecular flexibility index (Phi) is 4.73. The fourth-order valence-electron chi connectivity index (χ4n) is 1.09. The Morgan fingerprint density at radius 3 is 2.44 bits per heavy atom. The van der Waals surface area contributed by atoms with Gasteiger partial charge in [0.1, 0.15) is 0 Å². The van der Waals surface area contributed by atoms with Gasteiger partial charge < -0.3 is 4.74 Å². The number of carbonyl (C=O) groups excluding carboxylic acids is 1. The lowest BCUT2D eigenvalue weighted by Crippen LogP contribution is -2.22. The summed E-state index contributed by atoms with van der Waals surface area (Å²) in [7, 11) is 1.40. The number of ether oxygens (including phenoxy) is 1.